The van der Waals surface area contributed by atoms with Crippen molar-refractivity contribution in [3.8, 4) is 0 Å². The second-order valence-electron chi connectivity index (χ2n) is 3.43. The number of methoxy groups -OCH3 is 1. The molecule has 5 nitrogen and oxygen atoms in total. The molecule has 0 saturated carbocycles. The fraction of sp³-hybridized carbons (Fsp3) is 0.889. The molecule has 14 heavy (non-hydrogen) atoms. The highest BCUT2D eigenvalue weighted by Gasteiger charge is 2.22. The Morgan fingerprint density at radius 3 is 2.50 bits per heavy atom. The Bertz CT molecular complexity index is 172. The van der Waals surface area contributed by atoms with E-state index in [1.165, 1.54) is 7.11 Å². The molecule has 2 atom stereocenters. The smallest absolute Gasteiger partial charge is 0.323 e. The number of aliphatic hydroxyl groups excluding tert-OH is 1. The maximum Gasteiger partial charge on any atom is 0.323 e. The quantitative estimate of drug-likeness (QED) is 0.601. The molecule has 0 aromatic carbocycles. The molecular weight excluding hydrogens is 186 g/mol. The van der Waals surface area contributed by atoms with Gasteiger partial charge in [-0.1, -0.05) is 0 Å². The molecule has 0 aliphatic rings. The van der Waals surface area contributed by atoms with Gasteiger partial charge < -0.3 is 14.9 Å². The highest BCUT2D eigenvalue weighted by atomic mass is 16.5. The van der Waals surface area contributed by atoms with Crippen LogP contribution in [-0.4, -0.2) is 60.5 Å². The first-order valence-electron chi connectivity index (χ1n) is 4.59. The zero-order valence-electron chi connectivity index (χ0n) is 8.93. The lowest BCUT2D eigenvalue weighted by Gasteiger charge is -2.24. The van der Waals surface area contributed by atoms with Gasteiger partial charge in [0.15, 0.2) is 0 Å². The normalized spacial score (nSPS) is 15.5. The van der Waals surface area contributed by atoms with Crippen LogP contribution in [0.15, 0.2) is 0 Å². The summed E-state index contributed by atoms with van der Waals surface area (Å²) in [7, 11) is 3.18. The number of nitrogens with zero attached hydrogens (tertiary/aromatic N) is 1. The van der Waals surface area contributed by atoms with Crippen LogP contribution in [0.3, 0.4) is 0 Å². The van der Waals surface area contributed by atoms with Crippen LogP contribution < -0.4 is 0 Å². The summed E-state index contributed by atoms with van der Waals surface area (Å²) in [6.07, 6.45) is 0.152. The minimum absolute atomic E-state index is 0.158. The number of rotatable bonds is 7. The van der Waals surface area contributed by atoms with Crippen LogP contribution in [0.2, 0.25) is 0 Å². The summed E-state index contributed by atoms with van der Waals surface area (Å²) in [6.45, 7) is 2.38. The molecule has 0 amide bonds. The third-order valence-corrected chi connectivity index (χ3v) is 2.04. The van der Waals surface area contributed by atoms with Gasteiger partial charge in [0.05, 0.1) is 12.7 Å². The van der Waals surface area contributed by atoms with Gasteiger partial charge in [0.2, 0.25) is 0 Å². The summed E-state index contributed by atoms with van der Waals surface area (Å²) in [5, 5.41) is 17.9. The third-order valence-electron chi connectivity index (χ3n) is 2.04. The van der Waals surface area contributed by atoms with Crippen molar-refractivity contribution in [2.45, 2.75) is 25.5 Å². The van der Waals surface area contributed by atoms with Gasteiger partial charge in [-0.05, 0) is 20.4 Å². The van der Waals surface area contributed by atoms with Crippen LogP contribution >= 0.6 is 0 Å². The average Bonchev–Trinajstić information content (AvgIpc) is 2.09. The van der Waals surface area contributed by atoms with E-state index in [-0.39, 0.29) is 6.61 Å². The zero-order valence-corrected chi connectivity index (χ0v) is 8.93. The first-order chi connectivity index (χ1) is 6.49. The standard InChI is InChI=1S/C9H19NO4/c1-7(11)4-5-10(2)8(6-14-3)9(12)13/h7-8,11H,4-6H2,1-3H3,(H,12,13). The van der Waals surface area contributed by atoms with Crippen molar-refractivity contribution in [1.82, 2.24) is 4.90 Å². The predicted molar refractivity (Wildman–Crippen MR) is 52.2 cm³/mol. The first-order valence-corrected chi connectivity index (χ1v) is 4.59. The van der Waals surface area contributed by atoms with Crippen molar-refractivity contribution in [2.24, 2.45) is 0 Å². The van der Waals surface area contributed by atoms with Gasteiger partial charge in [-0.15, -0.1) is 0 Å². The predicted octanol–water partition coefficient (Wildman–Crippen LogP) is -0.211. The summed E-state index contributed by atoms with van der Waals surface area (Å²) < 4.78 is 4.81. The third kappa shape index (κ3) is 5.16. The van der Waals surface area contributed by atoms with E-state index in [1.807, 2.05) is 0 Å². The topological polar surface area (TPSA) is 70.0 Å². The molecule has 0 aromatic heterocycles. The molecule has 0 radical (unpaired) electrons. The minimum Gasteiger partial charge on any atom is -0.480 e. The number of hydrogen-bond donors (Lipinski definition) is 2. The second kappa shape index (κ2) is 6.75. The molecule has 0 rings (SSSR count). The summed E-state index contributed by atoms with van der Waals surface area (Å²) >= 11 is 0. The van der Waals surface area contributed by atoms with Crippen molar-refractivity contribution >= 4 is 5.97 Å². The molecule has 0 saturated heterocycles. The number of aliphatic carboxylic acids is 1. The van der Waals surface area contributed by atoms with E-state index in [9.17, 15) is 4.79 Å². The zero-order chi connectivity index (χ0) is 11.1. The number of aliphatic hydroxyl groups is 1. The first kappa shape index (κ1) is 13.4. The van der Waals surface area contributed by atoms with Crippen molar-refractivity contribution in [3.05, 3.63) is 0 Å². The Morgan fingerprint density at radius 1 is 1.57 bits per heavy atom. The van der Waals surface area contributed by atoms with E-state index in [2.05, 4.69) is 0 Å². The summed E-state index contributed by atoms with van der Waals surface area (Å²) in [5.41, 5.74) is 0. The molecule has 0 fully saturated rings. The van der Waals surface area contributed by atoms with E-state index in [0.717, 1.165) is 0 Å². The van der Waals surface area contributed by atoms with Crippen LogP contribution in [0.4, 0.5) is 0 Å². The van der Waals surface area contributed by atoms with Crippen molar-refractivity contribution in [1.29, 1.82) is 0 Å². The van der Waals surface area contributed by atoms with Crippen LogP contribution in [0, 0.1) is 0 Å². The van der Waals surface area contributed by atoms with Gasteiger partial charge in [-0.25, -0.2) is 0 Å². The van der Waals surface area contributed by atoms with Gasteiger partial charge in [0, 0.05) is 13.7 Å². The highest BCUT2D eigenvalue weighted by molar-refractivity contribution is 5.73. The SMILES string of the molecule is COCC(C(=O)O)N(C)CCC(C)O. The van der Waals surface area contributed by atoms with Gasteiger partial charge in [-0.3, -0.25) is 9.69 Å². The molecule has 2 N–H and O–H groups in total. The largest absolute Gasteiger partial charge is 0.480 e. The molecule has 0 spiro atoms. The van der Waals surface area contributed by atoms with Crippen LogP contribution in [0.1, 0.15) is 13.3 Å². The Kier molecular flexibility index (Phi) is 6.44. The second-order valence-corrected chi connectivity index (χ2v) is 3.43. The molecular formula is C9H19NO4. The summed E-state index contributed by atoms with van der Waals surface area (Å²) in [6, 6.07) is -0.640. The molecule has 84 valence electrons. The van der Waals surface area contributed by atoms with E-state index in [4.69, 9.17) is 14.9 Å². The van der Waals surface area contributed by atoms with E-state index in [1.54, 1.807) is 18.9 Å². The van der Waals surface area contributed by atoms with Crippen molar-refractivity contribution in [2.75, 3.05) is 27.3 Å². The fourth-order valence-corrected chi connectivity index (χ4v) is 1.09. The minimum atomic E-state index is -0.903. The molecule has 2 unspecified atom stereocenters. The van der Waals surface area contributed by atoms with Crippen LogP contribution in [0.25, 0.3) is 0 Å². The Labute approximate surface area is 84.3 Å². The van der Waals surface area contributed by atoms with Crippen molar-refractivity contribution < 1.29 is 19.7 Å². The van der Waals surface area contributed by atoms with Crippen molar-refractivity contribution in [3.63, 3.8) is 0 Å². The molecule has 0 aromatic rings. The number of hydrogen-bond acceptors (Lipinski definition) is 4. The number of carbonyl (C=O) groups is 1. The van der Waals surface area contributed by atoms with Gasteiger partial charge in [0.25, 0.3) is 0 Å². The number of carboxylic acid groups (broad SMARTS) is 1. The van der Waals surface area contributed by atoms with Gasteiger partial charge in [0.1, 0.15) is 6.04 Å². The lowest BCUT2D eigenvalue weighted by Crippen LogP contribution is -2.42. The Balaban J connectivity index is 4.01. The maximum absolute atomic E-state index is 10.8. The summed E-state index contributed by atoms with van der Waals surface area (Å²) in [4.78, 5) is 12.5. The highest BCUT2D eigenvalue weighted by Crippen LogP contribution is 2.01. The Hall–Kier alpha value is -0.650. The molecule has 0 heterocycles. The van der Waals surface area contributed by atoms with Gasteiger partial charge >= 0.3 is 5.97 Å². The van der Waals surface area contributed by atoms with E-state index < -0.39 is 18.1 Å². The number of ether oxygens (including phenoxy) is 1. The number of likely N-dealkylation sites (N-methyl/N-ethyl adjacent to an activating group) is 1. The average molecular weight is 205 g/mol. The lowest BCUT2D eigenvalue weighted by molar-refractivity contribution is -0.144. The molecule has 0 bridgehead atoms. The fourth-order valence-electron chi connectivity index (χ4n) is 1.09. The van der Waals surface area contributed by atoms with Crippen LogP contribution in [-0.2, 0) is 9.53 Å². The van der Waals surface area contributed by atoms with Gasteiger partial charge in [-0.2, -0.15) is 0 Å². The molecule has 0 aliphatic heterocycles. The van der Waals surface area contributed by atoms with E-state index in [0.29, 0.717) is 13.0 Å². The maximum atomic E-state index is 10.8. The molecule has 5 heteroatoms. The monoisotopic (exact) mass is 205 g/mol. The Morgan fingerprint density at radius 2 is 2.14 bits per heavy atom. The number of carboxylic acids is 1. The lowest BCUT2D eigenvalue weighted by atomic mass is 10.2. The van der Waals surface area contributed by atoms with Crippen LogP contribution in [0.5, 0.6) is 0 Å². The molecule has 0 aliphatic carbocycles. The summed E-state index contributed by atoms with van der Waals surface area (Å²) in [5.74, 6) is -0.903. The van der Waals surface area contributed by atoms with E-state index >= 15 is 0 Å².